The molecule has 7 heteroatoms. The predicted molar refractivity (Wildman–Crippen MR) is 80.1 cm³/mol. The number of nitrogens with one attached hydrogen (secondary N) is 1. The van der Waals surface area contributed by atoms with Crippen molar-refractivity contribution < 1.29 is 24.2 Å². The molecule has 0 aromatic heterocycles. The Morgan fingerprint density at radius 3 is 2.95 bits per heavy atom. The van der Waals surface area contributed by atoms with Crippen LogP contribution in [0.15, 0.2) is 18.2 Å². The number of amides is 2. The van der Waals surface area contributed by atoms with E-state index in [4.69, 9.17) is 9.47 Å². The van der Waals surface area contributed by atoms with Crippen LogP contribution in [0.5, 0.6) is 11.5 Å². The van der Waals surface area contributed by atoms with E-state index in [-0.39, 0.29) is 24.1 Å². The molecule has 1 aliphatic heterocycles. The Labute approximate surface area is 128 Å². The summed E-state index contributed by atoms with van der Waals surface area (Å²) < 4.78 is 10.5. The number of methoxy groups -OCH3 is 1. The number of nitrogens with zero attached hydrogens (tertiary/aromatic N) is 1. The van der Waals surface area contributed by atoms with E-state index in [1.807, 2.05) is 6.92 Å². The molecular weight excluding hydrogens is 288 g/mol. The van der Waals surface area contributed by atoms with Gasteiger partial charge in [-0.15, -0.1) is 0 Å². The number of hydrogen-bond acceptors (Lipinski definition) is 5. The first-order chi connectivity index (χ1) is 10.6. The number of phenols is 1. The van der Waals surface area contributed by atoms with E-state index in [2.05, 4.69) is 5.32 Å². The fourth-order valence-corrected chi connectivity index (χ4v) is 2.23. The Bertz CT molecular complexity index is 561. The summed E-state index contributed by atoms with van der Waals surface area (Å²) in [6.45, 7) is 2.49. The van der Waals surface area contributed by atoms with Gasteiger partial charge in [-0.1, -0.05) is 6.92 Å². The molecule has 0 spiro atoms. The van der Waals surface area contributed by atoms with Crippen LogP contribution in [0, 0.1) is 0 Å². The average molecular weight is 308 g/mol. The van der Waals surface area contributed by atoms with Crippen molar-refractivity contribution in [2.45, 2.75) is 19.4 Å². The molecule has 0 radical (unpaired) electrons. The lowest BCUT2D eigenvalue weighted by Crippen LogP contribution is -2.49. The maximum absolute atomic E-state index is 12.4. The van der Waals surface area contributed by atoms with Crippen LogP contribution >= 0.6 is 0 Å². The van der Waals surface area contributed by atoms with Crippen molar-refractivity contribution in [1.29, 1.82) is 0 Å². The van der Waals surface area contributed by atoms with Crippen molar-refractivity contribution in [3.8, 4) is 11.5 Å². The van der Waals surface area contributed by atoms with Crippen LogP contribution in [-0.4, -0.2) is 49.8 Å². The Kier molecular flexibility index (Phi) is 5.21. The molecule has 0 bridgehead atoms. The van der Waals surface area contributed by atoms with Gasteiger partial charge >= 0.3 is 0 Å². The highest BCUT2D eigenvalue weighted by Crippen LogP contribution is 2.37. The average Bonchev–Trinajstić information content (AvgIpc) is 2.50. The van der Waals surface area contributed by atoms with Gasteiger partial charge in [0.15, 0.2) is 6.10 Å². The number of carbonyl (C=O) groups excluding carboxylic acids is 2. The maximum atomic E-state index is 12.4. The van der Waals surface area contributed by atoms with Crippen LogP contribution in [0.3, 0.4) is 0 Å². The second-order valence-corrected chi connectivity index (χ2v) is 4.93. The number of fused-ring (bicyclic) bond motifs is 1. The summed E-state index contributed by atoms with van der Waals surface area (Å²) in [6, 6.07) is 4.50. The number of anilines is 1. The minimum Gasteiger partial charge on any atom is -0.508 e. The molecule has 7 nitrogen and oxygen atoms in total. The molecular formula is C15H20N2O5. The van der Waals surface area contributed by atoms with Gasteiger partial charge in [0.25, 0.3) is 5.91 Å². The van der Waals surface area contributed by atoms with Gasteiger partial charge in [-0.2, -0.15) is 0 Å². The fourth-order valence-electron chi connectivity index (χ4n) is 2.23. The van der Waals surface area contributed by atoms with Crippen molar-refractivity contribution in [3.05, 3.63) is 18.2 Å². The number of hydrogen-bond donors (Lipinski definition) is 2. The number of phenolic OH excluding ortho intramolecular Hbond substituents is 1. The molecule has 1 atom stereocenters. The molecule has 1 aromatic rings. The van der Waals surface area contributed by atoms with Gasteiger partial charge in [-0.25, -0.2) is 0 Å². The normalized spacial score (nSPS) is 16.9. The summed E-state index contributed by atoms with van der Waals surface area (Å²) in [4.78, 5) is 25.7. The van der Waals surface area contributed by atoms with E-state index in [0.717, 1.165) is 0 Å². The van der Waals surface area contributed by atoms with E-state index in [9.17, 15) is 14.7 Å². The third kappa shape index (κ3) is 3.48. The zero-order chi connectivity index (χ0) is 16.1. The Morgan fingerprint density at radius 1 is 1.50 bits per heavy atom. The number of ether oxygens (including phenoxy) is 2. The fraction of sp³-hybridized carbons (Fsp3) is 0.467. The van der Waals surface area contributed by atoms with Crippen LogP contribution < -0.4 is 15.0 Å². The monoisotopic (exact) mass is 308 g/mol. The lowest BCUT2D eigenvalue weighted by molar-refractivity contribution is -0.129. The van der Waals surface area contributed by atoms with Crippen LogP contribution in [0.25, 0.3) is 0 Å². The van der Waals surface area contributed by atoms with Crippen LogP contribution in [0.1, 0.15) is 13.3 Å². The largest absolute Gasteiger partial charge is 0.508 e. The Balaban J connectivity index is 2.18. The second-order valence-electron chi connectivity index (χ2n) is 4.93. The van der Waals surface area contributed by atoms with Gasteiger partial charge in [0.2, 0.25) is 5.91 Å². The summed E-state index contributed by atoms with van der Waals surface area (Å²) >= 11 is 0. The van der Waals surface area contributed by atoms with Gasteiger partial charge in [-0.05, 0) is 18.6 Å². The van der Waals surface area contributed by atoms with Gasteiger partial charge < -0.3 is 19.9 Å². The van der Waals surface area contributed by atoms with Crippen LogP contribution in [0.4, 0.5) is 5.69 Å². The van der Waals surface area contributed by atoms with Crippen molar-refractivity contribution in [3.63, 3.8) is 0 Å². The Hall–Kier alpha value is -2.28. The number of rotatable bonds is 6. The third-order valence-corrected chi connectivity index (χ3v) is 3.34. The zero-order valence-corrected chi connectivity index (χ0v) is 12.7. The van der Waals surface area contributed by atoms with Crippen molar-refractivity contribution >= 4 is 17.5 Å². The molecule has 0 aliphatic carbocycles. The maximum Gasteiger partial charge on any atom is 0.268 e. The van der Waals surface area contributed by atoms with Crippen LogP contribution in [0.2, 0.25) is 0 Å². The quantitative estimate of drug-likeness (QED) is 0.754. The highest BCUT2D eigenvalue weighted by atomic mass is 16.5. The van der Waals surface area contributed by atoms with Gasteiger partial charge in [0.1, 0.15) is 18.0 Å². The molecule has 22 heavy (non-hydrogen) atoms. The molecule has 2 amide bonds. The van der Waals surface area contributed by atoms with Crippen molar-refractivity contribution in [1.82, 2.24) is 5.32 Å². The number of aromatic hydroxyl groups is 1. The first kappa shape index (κ1) is 16.1. The minimum absolute atomic E-state index is 0.00916. The zero-order valence-electron chi connectivity index (χ0n) is 12.7. The molecule has 120 valence electrons. The summed E-state index contributed by atoms with van der Waals surface area (Å²) in [6.07, 6.45) is -0.121. The lowest BCUT2D eigenvalue weighted by atomic mass is 10.1. The minimum atomic E-state index is -0.621. The molecule has 0 saturated carbocycles. The van der Waals surface area contributed by atoms with Gasteiger partial charge in [-0.3, -0.25) is 14.5 Å². The molecule has 0 saturated heterocycles. The van der Waals surface area contributed by atoms with Crippen molar-refractivity contribution in [2.24, 2.45) is 0 Å². The smallest absolute Gasteiger partial charge is 0.268 e. The summed E-state index contributed by atoms with van der Waals surface area (Å²) in [7, 11) is 1.54. The van der Waals surface area contributed by atoms with E-state index < -0.39 is 6.10 Å². The number of benzene rings is 1. The first-order valence-corrected chi connectivity index (χ1v) is 7.13. The molecule has 1 aliphatic rings. The second kappa shape index (κ2) is 7.13. The van der Waals surface area contributed by atoms with E-state index >= 15 is 0 Å². The molecule has 1 unspecified atom stereocenters. The van der Waals surface area contributed by atoms with E-state index in [1.54, 1.807) is 13.2 Å². The first-order valence-electron chi connectivity index (χ1n) is 7.13. The molecule has 0 fully saturated rings. The van der Waals surface area contributed by atoms with Gasteiger partial charge in [0, 0.05) is 19.7 Å². The van der Waals surface area contributed by atoms with Crippen molar-refractivity contribution in [2.75, 3.05) is 31.7 Å². The van der Waals surface area contributed by atoms with Crippen LogP contribution in [-0.2, 0) is 14.3 Å². The molecule has 1 aromatic carbocycles. The third-order valence-electron chi connectivity index (χ3n) is 3.34. The van der Waals surface area contributed by atoms with Gasteiger partial charge in [0.05, 0.1) is 12.3 Å². The predicted octanol–water partition coefficient (Wildman–Crippen LogP) is 0.659. The van der Waals surface area contributed by atoms with E-state index in [0.29, 0.717) is 31.0 Å². The highest BCUT2D eigenvalue weighted by molar-refractivity contribution is 6.04. The van der Waals surface area contributed by atoms with E-state index in [1.165, 1.54) is 17.0 Å². The summed E-state index contributed by atoms with van der Waals surface area (Å²) in [5, 5.41) is 12.3. The topological polar surface area (TPSA) is 88.1 Å². The summed E-state index contributed by atoms with van der Waals surface area (Å²) in [5.41, 5.74) is 0.400. The SMILES string of the molecule is CCC1Oc2ccc(O)cc2N(CC(=O)NCCOC)C1=O. The molecule has 2 N–H and O–H groups in total. The molecule has 1 heterocycles. The highest BCUT2D eigenvalue weighted by Gasteiger charge is 2.34. The molecule has 2 rings (SSSR count). The summed E-state index contributed by atoms with van der Waals surface area (Å²) in [5.74, 6) is -0.0947. The standard InChI is InChI=1S/C15H20N2O5/c1-3-12-15(20)17(9-14(19)16-6-7-21-2)11-8-10(18)4-5-13(11)22-12/h4-5,8,12,18H,3,6-7,9H2,1-2H3,(H,16,19). The lowest BCUT2D eigenvalue weighted by Gasteiger charge is -2.33. The Morgan fingerprint density at radius 2 is 2.27 bits per heavy atom. The number of carbonyl (C=O) groups is 2.